The van der Waals surface area contributed by atoms with E-state index in [1.54, 1.807) is 11.3 Å². The van der Waals surface area contributed by atoms with Crippen LogP contribution in [0.2, 0.25) is 0 Å². The van der Waals surface area contributed by atoms with Gasteiger partial charge in [-0.3, -0.25) is 0 Å². The third-order valence-corrected chi connectivity index (χ3v) is 4.89. The van der Waals surface area contributed by atoms with Crippen molar-refractivity contribution in [1.29, 1.82) is 0 Å². The van der Waals surface area contributed by atoms with E-state index in [2.05, 4.69) is 48.7 Å². The normalized spacial score (nSPS) is 14.6. The lowest BCUT2D eigenvalue weighted by Gasteiger charge is -2.18. The Labute approximate surface area is 105 Å². The van der Waals surface area contributed by atoms with Crippen molar-refractivity contribution >= 4 is 23.1 Å². The van der Waals surface area contributed by atoms with E-state index in [0.717, 1.165) is 0 Å². The minimum Gasteiger partial charge on any atom is -0.327 e. The second kappa shape index (κ2) is 5.53. The highest BCUT2D eigenvalue weighted by Gasteiger charge is 2.18. The number of thioether (sulfide) groups is 1. The number of thiophene rings is 1. The van der Waals surface area contributed by atoms with Crippen LogP contribution < -0.4 is 5.73 Å². The number of hydrogen-bond donors (Lipinski definition) is 1. The fourth-order valence-corrected chi connectivity index (χ4v) is 3.67. The van der Waals surface area contributed by atoms with Gasteiger partial charge in [0, 0.05) is 15.8 Å². The Morgan fingerprint density at radius 3 is 2.44 bits per heavy atom. The van der Waals surface area contributed by atoms with E-state index in [1.807, 2.05) is 17.8 Å². The van der Waals surface area contributed by atoms with Gasteiger partial charge in [0.2, 0.25) is 0 Å². The summed E-state index contributed by atoms with van der Waals surface area (Å²) in [5.74, 6) is 0. The van der Waals surface area contributed by atoms with E-state index >= 15 is 0 Å². The number of nitrogens with two attached hydrogens (primary N) is 1. The molecule has 0 radical (unpaired) electrons. The topological polar surface area (TPSA) is 26.0 Å². The summed E-state index contributed by atoms with van der Waals surface area (Å²) in [6, 6.07) is 14.8. The summed E-state index contributed by atoms with van der Waals surface area (Å²) in [6.45, 7) is 2.07. The Morgan fingerprint density at radius 2 is 1.88 bits per heavy atom. The highest BCUT2D eigenvalue weighted by molar-refractivity contribution is 7.99. The molecule has 16 heavy (non-hydrogen) atoms. The maximum absolute atomic E-state index is 6.06. The van der Waals surface area contributed by atoms with Crippen molar-refractivity contribution < 1.29 is 0 Å². The van der Waals surface area contributed by atoms with Gasteiger partial charge in [-0.1, -0.05) is 24.3 Å². The Hall–Kier alpha value is -0.770. The molecule has 1 heterocycles. The lowest BCUT2D eigenvalue weighted by molar-refractivity contribution is 0.730. The van der Waals surface area contributed by atoms with Gasteiger partial charge in [-0.05, 0) is 30.5 Å². The molecular formula is C13H15NS2. The van der Waals surface area contributed by atoms with E-state index in [9.17, 15) is 0 Å². The Kier molecular flexibility index (Phi) is 4.04. The zero-order valence-electron chi connectivity index (χ0n) is 9.17. The molecule has 0 aliphatic rings. The van der Waals surface area contributed by atoms with Crippen LogP contribution in [-0.4, -0.2) is 6.04 Å². The molecule has 0 saturated heterocycles. The zero-order chi connectivity index (χ0) is 11.4. The van der Waals surface area contributed by atoms with Gasteiger partial charge in [-0.15, -0.1) is 23.1 Å². The minimum absolute atomic E-state index is 0.156. The van der Waals surface area contributed by atoms with Crippen LogP contribution in [0.5, 0.6) is 0 Å². The van der Waals surface area contributed by atoms with E-state index in [1.165, 1.54) is 9.77 Å². The third-order valence-electron chi connectivity index (χ3n) is 2.31. The fraction of sp³-hybridized carbons (Fsp3) is 0.231. The fourth-order valence-electron chi connectivity index (χ4n) is 1.52. The van der Waals surface area contributed by atoms with Crippen molar-refractivity contribution in [2.45, 2.75) is 23.1 Å². The van der Waals surface area contributed by atoms with E-state index < -0.39 is 0 Å². The van der Waals surface area contributed by atoms with Gasteiger partial charge < -0.3 is 5.73 Å². The molecule has 3 heteroatoms. The van der Waals surface area contributed by atoms with E-state index in [0.29, 0.717) is 5.25 Å². The molecule has 0 spiro atoms. The number of benzene rings is 1. The summed E-state index contributed by atoms with van der Waals surface area (Å²) in [4.78, 5) is 2.63. The van der Waals surface area contributed by atoms with Crippen LogP contribution in [0.1, 0.15) is 17.1 Å². The molecule has 2 N–H and O–H groups in total. The number of rotatable bonds is 4. The molecule has 0 aliphatic carbocycles. The lowest BCUT2D eigenvalue weighted by Crippen LogP contribution is -2.21. The predicted molar refractivity (Wildman–Crippen MR) is 73.0 cm³/mol. The molecule has 1 nitrogen and oxygen atoms in total. The molecule has 0 fully saturated rings. The van der Waals surface area contributed by atoms with Crippen molar-refractivity contribution in [2.24, 2.45) is 5.73 Å². The van der Waals surface area contributed by atoms with Crippen LogP contribution in [0, 0.1) is 0 Å². The maximum atomic E-state index is 6.06. The van der Waals surface area contributed by atoms with Gasteiger partial charge in [0.25, 0.3) is 0 Å². The van der Waals surface area contributed by atoms with Gasteiger partial charge >= 0.3 is 0 Å². The molecule has 2 aromatic rings. The molecule has 1 aromatic carbocycles. The molecule has 0 bridgehead atoms. The standard InChI is InChI=1S/C13H15NS2/c1-10(14)13(12-8-5-9-15-12)16-11-6-3-2-4-7-11/h2-10,13H,14H2,1H3. The first-order chi connectivity index (χ1) is 7.77. The minimum atomic E-state index is 0.156. The van der Waals surface area contributed by atoms with Crippen LogP contribution in [0.3, 0.4) is 0 Å². The smallest absolute Gasteiger partial charge is 0.0586 e. The summed E-state index contributed by atoms with van der Waals surface area (Å²) in [6.07, 6.45) is 0. The summed E-state index contributed by atoms with van der Waals surface area (Å²) in [5.41, 5.74) is 6.06. The molecular weight excluding hydrogens is 234 g/mol. The number of hydrogen-bond acceptors (Lipinski definition) is 3. The highest BCUT2D eigenvalue weighted by atomic mass is 32.2. The Bertz CT molecular complexity index is 409. The average Bonchev–Trinajstić information content (AvgIpc) is 2.80. The van der Waals surface area contributed by atoms with Gasteiger partial charge in [0.05, 0.1) is 5.25 Å². The molecule has 0 aliphatic heterocycles. The van der Waals surface area contributed by atoms with Crippen molar-refractivity contribution in [2.75, 3.05) is 0 Å². The van der Waals surface area contributed by atoms with Crippen LogP contribution in [0.25, 0.3) is 0 Å². The maximum Gasteiger partial charge on any atom is 0.0586 e. The van der Waals surface area contributed by atoms with Crippen LogP contribution in [0.15, 0.2) is 52.7 Å². The van der Waals surface area contributed by atoms with Crippen LogP contribution >= 0.6 is 23.1 Å². The highest BCUT2D eigenvalue weighted by Crippen LogP contribution is 2.38. The van der Waals surface area contributed by atoms with Crippen LogP contribution in [0.4, 0.5) is 0 Å². The van der Waals surface area contributed by atoms with E-state index in [4.69, 9.17) is 5.73 Å². The molecule has 84 valence electrons. The summed E-state index contributed by atoms with van der Waals surface area (Å²) < 4.78 is 0. The average molecular weight is 249 g/mol. The van der Waals surface area contributed by atoms with Crippen molar-refractivity contribution in [3.8, 4) is 0 Å². The zero-order valence-corrected chi connectivity index (χ0v) is 10.8. The Balaban J connectivity index is 2.16. The first kappa shape index (κ1) is 11.7. The summed E-state index contributed by atoms with van der Waals surface area (Å²) in [7, 11) is 0. The molecule has 0 amide bonds. The monoisotopic (exact) mass is 249 g/mol. The molecule has 0 saturated carbocycles. The quantitative estimate of drug-likeness (QED) is 0.831. The van der Waals surface area contributed by atoms with Crippen molar-refractivity contribution in [1.82, 2.24) is 0 Å². The van der Waals surface area contributed by atoms with Gasteiger partial charge in [0.1, 0.15) is 0 Å². The third kappa shape index (κ3) is 2.88. The summed E-state index contributed by atoms with van der Waals surface area (Å²) in [5, 5.41) is 2.46. The predicted octanol–water partition coefficient (Wildman–Crippen LogP) is 3.93. The Morgan fingerprint density at radius 1 is 1.12 bits per heavy atom. The molecule has 1 aromatic heterocycles. The van der Waals surface area contributed by atoms with Gasteiger partial charge in [0.15, 0.2) is 0 Å². The SMILES string of the molecule is CC(N)C(Sc1ccccc1)c1cccs1. The first-order valence-electron chi connectivity index (χ1n) is 5.28. The van der Waals surface area contributed by atoms with Crippen LogP contribution in [-0.2, 0) is 0 Å². The second-order valence-corrected chi connectivity index (χ2v) is 5.92. The molecule has 2 atom stereocenters. The van der Waals surface area contributed by atoms with Crippen molar-refractivity contribution in [3.63, 3.8) is 0 Å². The molecule has 2 unspecified atom stereocenters. The van der Waals surface area contributed by atoms with Gasteiger partial charge in [-0.25, -0.2) is 0 Å². The largest absolute Gasteiger partial charge is 0.327 e. The second-order valence-electron chi connectivity index (χ2n) is 3.73. The van der Waals surface area contributed by atoms with Crippen molar-refractivity contribution in [3.05, 3.63) is 52.7 Å². The first-order valence-corrected chi connectivity index (χ1v) is 7.04. The van der Waals surface area contributed by atoms with Gasteiger partial charge in [-0.2, -0.15) is 0 Å². The lowest BCUT2D eigenvalue weighted by atomic mass is 10.2. The molecule has 2 rings (SSSR count). The van der Waals surface area contributed by atoms with E-state index in [-0.39, 0.29) is 6.04 Å². The summed E-state index contributed by atoms with van der Waals surface area (Å²) >= 11 is 3.62.